The van der Waals surface area contributed by atoms with Crippen molar-refractivity contribution in [2.75, 3.05) is 35.6 Å². The first-order valence-electron chi connectivity index (χ1n) is 16.9. The molecule has 1 spiro atoms. The molecule has 2 aliphatic rings. The zero-order valence-corrected chi connectivity index (χ0v) is 29.0. The molecule has 0 bridgehead atoms. The number of likely N-dealkylation sites (tertiary alicyclic amines) is 1. The summed E-state index contributed by atoms with van der Waals surface area (Å²) in [5.41, 5.74) is 3.52. The number of carboxylic acid groups (broad SMARTS) is 1. The van der Waals surface area contributed by atoms with Crippen molar-refractivity contribution >= 4 is 69.2 Å². The van der Waals surface area contributed by atoms with Gasteiger partial charge in [0.05, 0.1) is 17.4 Å². The molecular weight excluding hydrogens is 704 g/mol. The van der Waals surface area contributed by atoms with Gasteiger partial charge in [-0.1, -0.05) is 23.7 Å². The quantitative estimate of drug-likeness (QED) is 0.112. The number of halogens is 1. The van der Waals surface area contributed by atoms with Crippen molar-refractivity contribution in [3.05, 3.63) is 89.3 Å². The van der Waals surface area contributed by atoms with Gasteiger partial charge in [-0.25, -0.2) is 9.59 Å². The van der Waals surface area contributed by atoms with Gasteiger partial charge in [0.1, 0.15) is 17.8 Å². The fourth-order valence-electron chi connectivity index (χ4n) is 6.82. The lowest BCUT2D eigenvalue weighted by molar-refractivity contribution is -0.136. The molecule has 1 aliphatic heterocycles. The molecule has 3 heterocycles. The van der Waals surface area contributed by atoms with Gasteiger partial charge in [0.15, 0.2) is 0 Å². The smallest absolute Gasteiger partial charge is 0.352 e. The molecule has 1 saturated heterocycles. The number of nitrogens with one attached hydrogen (secondary N) is 5. The lowest BCUT2D eigenvalue weighted by Gasteiger charge is -2.46. The molecule has 2 aromatic heterocycles. The number of aromatic amines is 1. The van der Waals surface area contributed by atoms with Crippen LogP contribution in [-0.4, -0.2) is 90.5 Å². The molecule has 7 rings (SSSR count). The second-order valence-electron chi connectivity index (χ2n) is 13.4. The number of carbonyl (C=O) groups is 5. The number of amides is 4. The third-order valence-electron chi connectivity index (χ3n) is 9.69. The topological polar surface area (TPSA) is 216 Å². The number of piperidine rings is 1. The van der Waals surface area contributed by atoms with Crippen LogP contribution in [0.15, 0.2) is 73.1 Å². The fraction of sp³-hybridized carbons (Fsp3) is 0.278. The molecule has 17 heteroatoms. The highest BCUT2D eigenvalue weighted by Gasteiger charge is 2.45. The number of rotatable bonds is 10. The Morgan fingerprint density at radius 3 is 2.38 bits per heavy atom. The second-order valence-corrected chi connectivity index (χ2v) is 13.9. The highest BCUT2D eigenvalue weighted by atomic mass is 35.5. The zero-order valence-electron chi connectivity index (χ0n) is 28.3. The van der Waals surface area contributed by atoms with Crippen LogP contribution >= 0.6 is 11.6 Å². The van der Waals surface area contributed by atoms with Crippen molar-refractivity contribution in [1.29, 1.82) is 0 Å². The van der Waals surface area contributed by atoms with Crippen molar-refractivity contribution in [2.24, 2.45) is 5.41 Å². The minimum atomic E-state index is -1.07. The fourth-order valence-corrected chi connectivity index (χ4v) is 6.99. The number of hydrogen-bond acceptors (Lipinski definition) is 9. The van der Waals surface area contributed by atoms with E-state index in [0.29, 0.717) is 71.1 Å². The van der Waals surface area contributed by atoms with Gasteiger partial charge < -0.3 is 36.3 Å². The number of urea groups is 1. The molecule has 2 fully saturated rings. The number of hydrogen-bond donors (Lipinski definition) is 6. The maximum Gasteiger partial charge on any atom is 0.352 e. The number of aromatic nitrogens is 5. The van der Waals surface area contributed by atoms with Gasteiger partial charge >= 0.3 is 23.8 Å². The lowest BCUT2D eigenvalue weighted by atomic mass is 9.62. The van der Waals surface area contributed by atoms with Crippen LogP contribution in [-0.2, 0) is 20.8 Å². The minimum Gasteiger partial charge on any atom is -0.477 e. The molecule has 4 amide bonds. The van der Waals surface area contributed by atoms with Crippen LogP contribution in [0.1, 0.15) is 41.7 Å². The lowest BCUT2D eigenvalue weighted by Crippen LogP contribution is -2.49. The summed E-state index contributed by atoms with van der Waals surface area (Å²) in [4.78, 5) is 67.1. The number of tetrazole rings is 1. The van der Waals surface area contributed by atoms with Crippen molar-refractivity contribution in [1.82, 2.24) is 35.4 Å². The first-order valence-corrected chi connectivity index (χ1v) is 17.3. The van der Waals surface area contributed by atoms with Crippen molar-refractivity contribution in [3.63, 3.8) is 0 Å². The highest BCUT2D eigenvalue weighted by Crippen LogP contribution is 2.46. The first kappa shape index (κ1) is 35.1. The van der Waals surface area contributed by atoms with Crippen LogP contribution in [0.25, 0.3) is 16.6 Å². The van der Waals surface area contributed by atoms with E-state index < -0.39 is 23.8 Å². The minimum absolute atomic E-state index is 0.0616. The van der Waals surface area contributed by atoms with Crippen molar-refractivity contribution in [2.45, 2.75) is 38.1 Å². The molecule has 1 unspecified atom stereocenters. The molecule has 3 aromatic carbocycles. The predicted octanol–water partition coefficient (Wildman–Crippen LogP) is 4.25. The summed E-state index contributed by atoms with van der Waals surface area (Å²) in [7, 11) is 0. The van der Waals surface area contributed by atoms with Crippen molar-refractivity contribution in [3.8, 4) is 5.69 Å². The Labute approximate surface area is 307 Å². The molecule has 272 valence electrons. The average molecular weight is 739 g/mol. The zero-order chi connectivity index (χ0) is 37.1. The van der Waals surface area contributed by atoms with Crippen LogP contribution in [0.5, 0.6) is 0 Å². The summed E-state index contributed by atoms with van der Waals surface area (Å²) in [6.07, 6.45) is 4.54. The van der Waals surface area contributed by atoms with E-state index in [1.54, 1.807) is 47.4 Å². The molecule has 1 atom stereocenters. The van der Waals surface area contributed by atoms with E-state index in [0.717, 1.165) is 18.4 Å². The molecule has 6 N–H and O–H groups in total. The number of ketones is 1. The Bertz CT molecular complexity index is 2190. The standard InChI is InChI=1S/C36H35ClN10O6/c37-23-3-8-31(47-20-39-44-45-47)29(16-23)43-33(50)32(49)40-26(19-38-25-6-7-28-22(14-25)15-30(42-28)34(51)52)13-21-1-4-24(5-2-21)41-35(53)46-11-9-36(10-12-46)17-27(48)18-36/h1-8,14-16,20,26,38,42H,9-13,17-19H2,(H,40,49)(H,41,53)(H,43,50)(H,51,52). The SMILES string of the molecule is O=C1CC2(CCN(C(=O)Nc3ccc(CC(CNc4ccc5[nH]c(C(=O)O)cc5c4)NC(=O)C(=O)Nc4cc(Cl)ccc4-n4cnnn4)cc3)CC2)C1. The van der Waals surface area contributed by atoms with Crippen LogP contribution < -0.4 is 21.3 Å². The normalized spacial score (nSPS) is 15.4. The van der Waals surface area contributed by atoms with Gasteiger partial charge in [-0.15, -0.1) is 5.10 Å². The Morgan fingerprint density at radius 1 is 0.925 bits per heavy atom. The number of carboxylic acids is 1. The van der Waals surface area contributed by atoms with Gasteiger partial charge in [-0.2, -0.15) is 4.68 Å². The Morgan fingerprint density at radius 2 is 1.68 bits per heavy atom. The summed E-state index contributed by atoms with van der Waals surface area (Å²) in [6.45, 7) is 1.41. The summed E-state index contributed by atoms with van der Waals surface area (Å²) in [6, 6.07) is 18.0. The number of nitrogens with zero attached hydrogens (tertiary/aromatic N) is 5. The van der Waals surface area contributed by atoms with Crippen LogP contribution in [0.3, 0.4) is 0 Å². The largest absolute Gasteiger partial charge is 0.477 e. The van der Waals surface area contributed by atoms with Crippen LogP contribution in [0.4, 0.5) is 21.9 Å². The average Bonchev–Trinajstić information content (AvgIpc) is 3.82. The first-order chi connectivity index (χ1) is 25.5. The van der Waals surface area contributed by atoms with Gasteiger partial charge in [-0.05, 0) is 95.3 Å². The van der Waals surface area contributed by atoms with Crippen LogP contribution in [0.2, 0.25) is 5.02 Å². The Kier molecular flexibility index (Phi) is 9.78. The Balaban J connectivity index is 1.02. The third kappa shape index (κ3) is 8.12. The van der Waals surface area contributed by atoms with E-state index in [9.17, 15) is 29.1 Å². The molecule has 5 aromatic rings. The molecule has 0 radical (unpaired) electrons. The van der Waals surface area contributed by atoms with Gasteiger partial charge in [0.2, 0.25) is 0 Å². The highest BCUT2D eigenvalue weighted by molar-refractivity contribution is 6.40. The van der Waals surface area contributed by atoms with E-state index >= 15 is 0 Å². The molecule has 16 nitrogen and oxygen atoms in total. The summed E-state index contributed by atoms with van der Waals surface area (Å²) in [5, 5.41) is 33.1. The van der Waals surface area contributed by atoms with Gasteiger partial charge in [0.25, 0.3) is 0 Å². The van der Waals surface area contributed by atoms with Crippen molar-refractivity contribution < 1.29 is 29.1 Å². The molecular formula is C36H35ClN10O6. The van der Waals surface area contributed by atoms with Crippen LogP contribution in [0, 0.1) is 5.41 Å². The summed E-state index contributed by atoms with van der Waals surface area (Å²) < 4.78 is 1.32. The molecule has 1 saturated carbocycles. The number of aromatic carboxylic acids is 1. The number of carbonyl (C=O) groups excluding carboxylic acids is 4. The maximum atomic E-state index is 13.3. The summed E-state index contributed by atoms with van der Waals surface area (Å²) >= 11 is 6.18. The van der Waals surface area contributed by atoms with Gasteiger partial charge in [0, 0.05) is 59.8 Å². The van der Waals surface area contributed by atoms with E-state index in [2.05, 4.69) is 41.8 Å². The number of anilines is 3. The van der Waals surface area contributed by atoms with E-state index in [1.807, 2.05) is 12.1 Å². The number of H-pyrrole nitrogens is 1. The van der Waals surface area contributed by atoms with Gasteiger partial charge in [-0.3, -0.25) is 14.4 Å². The molecule has 1 aliphatic carbocycles. The summed E-state index contributed by atoms with van der Waals surface area (Å²) in [5.74, 6) is -2.61. The van der Waals surface area contributed by atoms with E-state index in [4.69, 9.17) is 11.6 Å². The predicted molar refractivity (Wildman–Crippen MR) is 195 cm³/mol. The molecule has 53 heavy (non-hydrogen) atoms. The Hall–Kier alpha value is -6.29. The van der Waals surface area contributed by atoms with E-state index in [1.165, 1.54) is 23.1 Å². The third-order valence-corrected chi connectivity index (χ3v) is 9.93. The maximum absolute atomic E-state index is 13.3. The number of Topliss-reactive ketones (excluding diaryl/α,β-unsaturated/α-hetero) is 1. The number of benzene rings is 3. The number of fused-ring (bicyclic) bond motifs is 1. The van der Waals surface area contributed by atoms with E-state index in [-0.39, 0.29) is 29.4 Å². The monoisotopic (exact) mass is 738 g/mol. The second kappa shape index (κ2) is 14.7.